The van der Waals surface area contributed by atoms with Gasteiger partial charge in [0.05, 0.1) is 6.26 Å². The summed E-state index contributed by atoms with van der Waals surface area (Å²) in [6, 6.07) is 8.34. The minimum Gasteiger partial charge on any atom is -0.465 e. The molecule has 0 saturated carbocycles. The minimum absolute atomic E-state index is 0.557. The van der Waals surface area contributed by atoms with Crippen molar-refractivity contribution in [3.05, 3.63) is 42.2 Å². The van der Waals surface area contributed by atoms with Crippen LogP contribution in [0.3, 0.4) is 0 Å². The molecule has 2 rings (SSSR count). The van der Waals surface area contributed by atoms with Crippen LogP contribution in [0, 0.1) is 0 Å². The summed E-state index contributed by atoms with van der Waals surface area (Å²) >= 11 is 0. The number of rotatable bonds is 4. The first kappa shape index (κ1) is 10.3. The first-order chi connectivity index (χ1) is 7.42. The Morgan fingerprint density at radius 1 is 1.20 bits per heavy atom. The minimum atomic E-state index is 0.557. The summed E-state index contributed by atoms with van der Waals surface area (Å²) in [6.45, 7) is 2.24. The molecular formula is C14H18O. The molecule has 0 N–H and O–H groups in total. The molecule has 1 aliphatic heterocycles. The highest BCUT2D eigenvalue weighted by Gasteiger charge is 2.15. The van der Waals surface area contributed by atoms with E-state index in [-0.39, 0.29) is 0 Å². The van der Waals surface area contributed by atoms with E-state index >= 15 is 0 Å². The highest BCUT2D eigenvalue weighted by Crippen LogP contribution is 2.34. The van der Waals surface area contributed by atoms with Crippen molar-refractivity contribution in [2.45, 2.75) is 38.5 Å². The lowest BCUT2D eigenvalue weighted by Gasteiger charge is -2.20. The maximum absolute atomic E-state index is 5.48. The van der Waals surface area contributed by atoms with Crippen LogP contribution in [0.2, 0.25) is 0 Å². The zero-order chi connectivity index (χ0) is 10.5. The van der Waals surface area contributed by atoms with Gasteiger partial charge in [-0.3, -0.25) is 0 Å². The number of fused-ring (bicyclic) bond motifs is 1. The molecule has 1 aliphatic rings. The van der Waals surface area contributed by atoms with Crippen molar-refractivity contribution >= 4 is 0 Å². The van der Waals surface area contributed by atoms with Crippen LogP contribution in [0.4, 0.5) is 0 Å². The molecule has 80 valence electrons. The van der Waals surface area contributed by atoms with Crippen molar-refractivity contribution in [2.75, 3.05) is 0 Å². The first-order valence-corrected chi connectivity index (χ1v) is 5.84. The maximum atomic E-state index is 5.48. The van der Waals surface area contributed by atoms with Crippen molar-refractivity contribution in [1.29, 1.82) is 0 Å². The van der Waals surface area contributed by atoms with Crippen LogP contribution in [0.15, 0.2) is 36.6 Å². The third-order valence-corrected chi connectivity index (χ3v) is 2.94. The molecule has 15 heavy (non-hydrogen) atoms. The number of allylic oxidation sites excluding steroid dienone is 1. The fourth-order valence-corrected chi connectivity index (χ4v) is 2.07. The van der Waals surface area contributed by atoms with Crippen molar-refractivity contribution in [2.24, 2.45) is 0 Å². The van der Waals surface area contributed by atoms with Crippen molar-refractivity contribution in [3.8, 4) is 5.75 Å². The normalized spacial score (nSPS) is 18.3. The third kappa shape index (κ3) is 2.41. The summed E-state index contributed by atoms with van der Waals surface area (Å²) in [4.78, 5) is 0. The smallest absolute Gasteiger partial charge is 0.130 e. The van der Waals surface area contributed by atoms with Gasteiger partial charge in [0.25, 0.3) is 0 Å². The molecule has 1 aromatic carbocycles. The fraction of sp³-hybridized carbons (Fsp3) is 0.429. The average molecular weight is 202 g/mol. The lowest BCUT2D eigenvalue weighted by Crippen LogP contribution is -2.03. The number of unbranched alkanes of at least 4 members (excludes halogenated alkanes) is 2. The summed E-state index contributed by atoms with van der Waals surface area (Å²) in [5, 5.41) is 0. The van der Waals surface area contributed by atoms with Crippen LogP contribution >= 0.6 is 0 Å². The Kier molecular flexibility index (Phi) is 3.44. The molecule has 0 aliphatic carbocycles. The molecule has 1 atom stereocenters. The summed E-state index contributed by atoms with van der Waals surface area (Å²) in [5.41, 5.74) is 1.34. The van der Waals surface area contributed by atoms with Gasteiger partial charge in [-0.2, -0.15) is 0 Å². The van der Waals surface area contributed by atoms with Gasteiger partial charge in [0.2, 0.25) is 0 Å². The van der Waals surface area contributed by atoms with E-state index in [4.69, 9.17) is 4.74 Å². The molecule has 0 saturated heterocycles. The molecule has 1 nitrogen and oxygen atoms in total. The number of ether oxygens (including phenoxy) is 1. The standard InChI is InChI=1S/C14H18O/c1-2-3-4-7-12-10-11-15-14-9-6-5-8-13(12)14/h5-6,8-12H,2-4,7H2,1H3. The average Bonchev–Trinajstić information content (AvgIpc) is 2.30. The number of hydrogen-bond acceptors (Lipinski definition) is 1. The second-order valence-electron chi connectivity index (χ2n) is 4.09. The quantitative estimate of drug-likeness (QED) is 0.663. The van der Waals surface area contributed by atoms with Gasteiger partial charge < -0.3 is 4.74 Å². The van der Waals surface area contributed by atoms with E-state index in [0.29, 0.717) is 5.92 Å². The van der Waals surface area contributed by atoms with Gasteiger partial charge in [-0.25, -0.2) is 0 Å². The Labute approximate surface area is 91.8 Å². The van der Waals surface area contributed by atoms with Gasteiger partial charge in [-0.15, -0.1) is 0 Å². The van der Waals surface area contributed by atoms with Crippen LogP contribution < -0.4 is 4.74 Å². The van der Waals surface area contributed by atoms with Crippen LogP contribution in [-0.2, 0) is 0 Å². The maximum Gasteiger partial charge on any atom is 0.130 e. The second-order valence-corrected chi connectivity index (χ2v) is 4.09. The predicted molar refractivity (Wildman–Crippen MR) is 63.1 cm³/mol. The largest absolute Gasteiger partial charge is 0.465 e. The number of para-hydroxylation sites is 1. The molecule has 0 spiro atoms. The molecular weight excluding hydrogens is 184 g/mol. The van der Waals surface area contributed by atoms with Crippen LogP contribution in [0.1, 0.15) is 44.1 Å². The molecule has 1 aromatic rings. The van der Waals surface area contributed by atoms with Gasteiger partial charge in [0.1, 0.15) is 5.75 Å². The summed E-state index contributed by atoms with van der Waals surface area (Å²) in [5.74, 6) is 1.59. The Morgan fingerprint density at radius 3 is 2.93 bits per heavy atom. The Balaban J connectivity index is 2.05. The van der Waals surface area contributed by atoms with Gasteiger partial charge in [-0.1, -0.05) is 44.4 Å². The molecule has 1 heterocycles. The summed E-state index contributed by atoms with van der Waals surface area (Å²) in [7, 11) is 0. The second kappa shape index (κ2) is 5.01. The van der Waals surface area contributed by atoms with Gasteiger partial charge in [0, 0.05) is 11.5 Å². The molecule has 0 amide bonds. The molecule has 0 radical (unpaired) electrons. The fourth-order valence-electron chi connectivity index (χ4n) is 2.07. The SMILES string of the molecule is CCCCCC1C=COc2ccccc21. The van der Waals surface area contributed by atoms with E-state index < -0.39 is 0 Å². The van der Waals surface area contributed by atoms with Crippen LogP contribution in [0.25, 0.3) is 0 Å². The summed E-state index contributed by atoms with van der Waals surface area (Å²) < 4.78 is 5.48. The van der Waals surface area contributed by atoms with E-state index in [1.54, 1.807) is 0 Å². The van der Waals surface area contributed by atoms with Gasteiger partial charge in [0.15, 0.2) is 0 Å². The van der Waals surface area contributed by atoms with Gasteiger partial charge >= 0.3 is 0 Å². The van der Waals surface area contributed by atoms with E-state index in [9.17, 15) is 0 Å². The number of hydrogen-bond donors (Lipinski definition) is 0. The number of benzene rings is 1. The third-order valence-electron chi connectivity index (χ3n) is 2.94. The first-order valence-electron chi connectivity index (χ1n) is 5.84. The lowest BCUT2D eigenvalue weighted by molar-refractivity contribution is 0.446. The topological polar surface area (TPSA) is 9.23 Å². The van der Waals surface area contributed by atoms with E-state index in [2.05, 4.69) is 25.1 Å². The Bertz CT molecular complexity index is 341. The predicted octanol–water partition coefficient (Wildman–Crippen LogP) is 4.26. The van der Waals surface area contributed by atoms with Crippen molar-refractivity contribution in [3.63, 3.8) is 0 Å². The lowest BCUT2D eigenvalue weighted by atomic mass is 9.91. The van der Waals surface area contributed by atoms with Crippen LogP contribution in [-0.4, -0.2) is 0 Å². The molecule has 0 aromatic heterocycles. The van der Waals surface area contributed by atoms with Crippen molar-refractivity contribution < 1.29 is 4.74 Å². The van der Waals surface area contributed by atoms with E-state index in [1.165, 1.54) is 31.2 Å². The highest BCUT2D eigenvalue weighted by atomic mass is 16.5. The highest BCUT2D eigenvalue weighted by molar-refractivity contribution is 5.40. The van der Waals surface area contributed by atoms with Crippen molar-refractivity contribution in [1.82, 2.24) is 0 Å². The monoisotopic (exact) mass is 202 g/mol. The van der Waals surface area contributed by atoms with Gasteiger partial charge in [-0.05, 0) is 18.6 Å². The Hall–Kier alpha value is -1.24. The zero-order valence-electron chi connectivity index (χ0n) is 9.28. The summed E-state index contributed by atoms with van der Waals surface area (Å²) in [6.07, 6.45) is 9.17. The van der Waals surface area contributed by atoms with E-state index in [1.807, 2.05) is 18.4 Å². The molecule has 1 unspecified atom stereocenters. The van der Waals surface area contributed by atoms with Crippen LogP contribution in [0.5, 0.6) is 5.75 Å². The zero-order valence-corrected chi connectivity index (χ0v) is 9.28. The molecule has 0 bridgehead atoms. The van der Waals surface area contributed by atoms with E-state index in [0.717, 1.165) is 5.75 Å². The molecule has 1 heteroatoms. The molecule has 0 fully saturated rings. The Morgan fingerprint density at radius 2 is 2.07 bits per heavy atom.